The van der Waals surface area contributed by atoms with Crippen molar-refractivity contribution in [3.63, 3.8) is 0 Å². The first kappa shape index (κ1) is 15.1. The zero-order valence-corrected chi connectivity index (χ0v) is 13.5. The first-order chi connectivity index (χ1) is 10.8. The Bertz CT molecular complexity index is 829. The highest BCUT2D eigenvalue weighted by Gasteiger charge is 2.15. The number of phenols is 1. The molecule has 0 aliphatic rings. The lowest BCUT2D eigenvalue weighted by atomic mass is 9.87. The second-order valence-electron chi connectivity index (χ2n) is 6.61. The van der Waals surface area contributed by atoms with E-state index in [4.69, 9.17) is 5.73 Å². The van der Waals surface area contributed by atoms with Crippen LogP contribution in [0.4, 0.5) is 5.69 Å². The van der Waals surface area contributed by atoms with Crippen molar-refractivity contribution in [2.45, 2.75) is 26.2 Å². The summed E-state index contributed by atoms with van der Waals surface area (Å²) < 4.78 is 0. The molecule has 4 N–H and O–H groups in total. The third kappa shape index (κ3) is 3.04. The number of H-pyrrole nitrogens is 1. The second-order valence-corrected chi connectivity index (χ2v) is 6.61. The summed E-state index contributed by atoms with van der Waals surface area (Å²) in [5.74, 6) is 1.19. The van der Waals surface area contributed by atoms with E-state index in [1.165, 1.54) is 5.56 Å². The molecule has 1 heterocycles. The lowest BCUT2D eigenvalue weighted by molar-refractivity contribution is 0.477. The Balaban J connectivity index is 1.94. The number of benzene rings is 2. The van der Waals surface area contributed by atoms with E-state index in [9.17, 15) is 5.11 Å². The highest BCUT2D eigenvalue weighted by molar-refractivity contribution is 5.70. The number of nitrogens with one attached hydrogen (secondary N) is 1. The molecule has 0 spiro atoms. The molecule has 0 bridgehead atoms. The van der Waals surface area contributed by atoms with Gasteiger partial charge in [-0.3, -0.25) is 5.10 Å². The molecule has 0 fully saturated rings. The number of hydrogen-bond acceptors (Lipinski definition) is 4. The molecule has 0 radical (unpaired) electrons. The van der Waals surface area contributed by atoms with Crippen LogP contribution in [0.15, 0.2) is 42.5 Å². The van der Waals surface area contributed by atoms with E-state index in [1.807, 2.05) is 12.1 Å². The van der Waals surface area contributed by atoms with Gasteiger partial charge in [-0.25, -0.2) is 4.98 Å². The molecule has 3 rings (SSSR count). The largest absolute Gasteiger partial charge is 0.507 e. The van der Waals surface area contributed by atoms with Gasteiger partial charge in [0.1, 0.15) is 5.75 Å². The zero-order chi connectivity index (χ0) is 16.6. The molecule has 23 heavy (non-hydrogen) atoms. The Morgan fingerprint density at radius 1 is 1.04 bits per heavy atom. The summed E-state index contributed by atoms with van der Waals surface area (Å²) >= 11 is 0. The fraction of sp³-hybridized carbons (Fsp3) is 0.222. The number of nitrogens with zero attached hydrogens (tertiary/aromatic N) is 2. The number of aromatic amines is 1. The van der Waals surface area contributed by atoms with E-state index >= 15 is 0 Å². The molecular weight excluding hydrogens is 288 g/mol. The molecule has 0 unspecified atom stereocenters. The van der Waals surface area contributed by atoms with Crippen LogP contribution in [0.3, 0.4) is 0 Å². The van der Waals surface area contributed by atoms with Gasteiger partial charge in [-0.1, -0.05) is 45.0 Å². The van der Waals surface area contributed by atoms with Crippen LogP contribution in [0.1, 0.15) is 26.3 Å². The number of aromatic hydroxyl groups is 1. The molecule has 0 saturated heterocycles. The van der Waals surface area contributed by atoms with Crippen molar-refractivity contribution in [2.24, 2.45) is 0 Å². The van der Waals surface area contributed by atoms with Gasteiger partial charge in [0.2, 0.25) is 0 Å². The van der Waals surface area contributed by atoms with Gasteiger partial charge in [-0.2, -0.15) is 5.10 Å². The molecule has 1 aromatic heterocycles. The summed E-state index contributed by atoms with van der Waals surface area (Å²) in [6.45, 7) is 6.53. The van der Waals surface area contributed by atoms with Crippen molar-refractivity contribution in [1.82, 2.24) is 15.2 Å². The third-order valence-electron chi connectivity index (χ3n) is 3.77. The topological polar surface area (TPSA) is 87.8 Å². The van der Waals surface area contributed by atoms with Gasteiger partial charge in [0.15, 0.2) is 11.6 Å². The number of nitrogen functional groups attached to an aromatic ring is 1. The summed E-state index contributed by atoms with van der Waals surface area (Å²) in [6.07, 6.45) is 0. The Labute approximate surface area is 135 Å². The minimum Gasteiger partial charge on any atom is -0.507 e. The maximum atomic E-state index is 9.95. The maximum Gasteiger partial charge on any atom is 0.181 e. The fourth-order valence-corrected chi connectivity index (χ4v) is 2.37. The van der Waals surface area contributed by atoms with Gasteiger partial charge in [-0.15, -0.1) is 0 Å². The molecule has 0 atom stereocenters. The zero-order valence-electron chi connectivity index (χ0n) is 13.5. The van der Waals surface area contributed by atoms with Crippen LogP contribution in [-0.4, -0.2) is 20.3 Å². The van der Waals surface area contributed by atoms with Crippen molar-refractivity contribution >= 4 is 5.69 Å². The third-order valence-corrected chi connectivity index (χ3v) is 3.77. The minimum atomic E-state index is 0.107. The van der Waals surface area contributed by atoms with Crippen LogP contribution in [-0.2, 0) is 5.41 Å². The summed E-state index contributed by atoms with van der Waals surface area (Å²) in [5.41, 5.74) is 9.15. The number of nitrogens with two attached hydrogens (primary N) is 1. The van der Waals surface area contributed by atoms with Crippen molar-refractivity contribution in [2.75, 3.05) is 5.73 Å². The molecule has 2 aromatic carbocycles. The van der Waals surface area contributed by atoms with Gasteiger partial charge in [0.05, 0.1) is 5.56 Å². The first-order valence-corrected chi connectivity index (χ1v) is 7.47. The molecular formula is C18H20N4O. The average Bonchev–Trinajstić information content (AvgIpc) is 2.99. The van der Waals surface area contributed by atoms with Gasteiger partial charge < -0.3 is 10.8 Å². The van der Waals surface area contributed by atoms with Gasteiger partial charge in [0, 0.05) is 11.3 Å². The molecule has 5 nitrogen and oxygen atoms in total. The predicted molar refractivity (Wildman–Crippen MR) is 92.0 cm³/mol. The van der Waals surface area contributed by atoms with Crippen LogP contribution in [0, 0.1) is 0 Å². The molecule has 0 aliphatic heterocycles. The van der Waals surface area contributed by atoms with Crippen LogP contribution in [0.25, 0.3) is 22.8 Å². The standard InChI is InChI=1S/C18H20N4O/c1-18(2,3)12-6-4-11(5-7-12)16-20-17(22-21-16)14-10-13(19)8-9-15(14)23/h4-10,23H,19H2,1-3H3,(H,20,21,22). The predicted octanol–water partition coefficient (Wildman–Crippen LogP) is 3.72. The molecule has 0 saturated carbocycles. The highest BCUT2D eigenvalue weighted by Crippen LogP contribution is 2.30. The van der Waals surface area contributed by atoms with Gasteiger partial charge >= 0.3 is 0 Å². The lowest BCUT2D eigenvalue weighted by Gasteiger charge is -2.18. The average molecular weight is 308 g/mol. The van der Waals surface area contributed by atoms with Crippen LogP contribution >= 0.6 is 0 Å². The quantitative estimate of drug-likeness (QED) is 0.497. The van der Waals surface area contributed by atoms with Crippen molar-refractivity contribution in [3.8, 4) is 28.5 Å². The molecule has 0 aliphatic carbocycles. The number of rotatable bonds is 2. The highest BCUT2D eigenvalue weighted by atomic mass is 16.3. The van der Waals surface area contributed by atoms with Crippen LogP contribution in [0.2, 0.25) is 0 Å². The van der Waals surface area contributed by atoms with Crippen LogP contribution < -0.4 is 5.73 Å². The Morgan fingerprint density at radius 2 is 1.74 bits per heavy atom. The summed E-state index contributed by atoms with van der Waals surface area (Å²) in [6, 6.07) is 13.0. The number of hydrogen-bond donors (Lipinski definition) is 3. The second kappa shape index (κ2) is 5.43. The number of anilines is 1. The summed E-state index contributed by atoms with van der Waals surface area (Å²) in [4.78, 5) is 4.46. The normalized spacial score (nSPS) is 11.6. The Kier molecular flexibility index (Phi) is 3.56. The van der Waals surface area contributed by atoms with E-state index in [0.29, 0.717) is 22.9 Å². The monoisotopic (exact) mass is 308 g/mol. The summed E-state index contributed by atoms with van der Waals surface area (Å²) in [7, 11) is 0. The first-order valence-electron chi connectivity index (χ1n) is 7.47. The van der Waals surface area contributed by atoms with Gasteiger partial charge in [0.25, 0.3) is 0 Å². The van der Waals surface area contributed by atoms with E-state index in [2.05, 4.69) is 48.1 Å². The number of phenolic OH excluding ortho intramolecular Hbond substituents is 1. The molecule has 5 heteroatoms. The van der Waals surface area contributed by atoms with Crippen LogP contribution in [0.5, 0.6) is 5.75 Å². The minimum absolute atomic E-state index is 0.107. The maximum absolute atomic E-state index is 9.95. The van der Waals surface area contributed by atoms with E-state index in [-0.39, 0.29) is 11.2 Å². The van der Waals surface area contributed by atoms with E-state index in [0.717, 1.165) is 5.56 Å². The van der Waals surface area contributed by atoms with Crippen molar-refractivity contribution in [3.05, 3.63) is 48.0 Å². The lowest BCUT2D eigenvalue weighted by Crippen LogP contribution is -2.10. The molecule has 0 amide bonds. The fourth-order valence-electron chi connectivity index (χ4n) is 2.37. The molecule has 3 aromatic rings. The Morgan fingerprint density at radius 3 is 2.39 bits per heavy atom. The SMILES string of the molecule is CC(C)(C)c1ccc(-c2n[nH]c(-c3cc(N)ccc3O)n2)cc1. The van der Waals surface area contributed by atoms with Gasteiger partial charge in [-0.05, 0) is 29.2 Å². The van der Waals surface area contributed by atoms with E-state index in [1.54, 1.807) is 18.2 Å². The Hall–Kier alpha value is -2.82. The van der Waals surface area contributed by atoms with E-state index < -0.39 is 0 Å². The number of aromatic nitrogens is 3. The summed E-state index contributed by atoms with van der Waals surface area (Å²) in [5, 5.41) is 17.0. The van der Waals surface area contributed by atoms with Crippen molar-refractivity contribution in [1.29, 1.82) is 0 Å². The molecule has 118 valence electrons. The van der Waals surface area contributed by atoms with Crippen molar-refractivity contribution < 1.29 is 5.11 Å². The smallest absolute Gasteiger partial charge is 0.181 e.